The zero-order valence-corrected chi connectivity index (χ0v) is 6.16. The second kappa shape index (κ2) is 3.55. The van der Waals surface area contributed by atoms with Gasteiger partial charge in [-0.3, -0.25) is 4.79 Å². The van der Waals surface area contributed by atoms with Crippen LogP contribution in [0.3, 0.4) is 0 Å². The minimum absolute atomic E-state index is 0.0528. The summed E-state index contributed by atoms with van der Waals surface area (Å²) in [5, 5.41) is 9.04. The van der Waals surface area contributed by atoms with Crippen LogP contribution in [-0.4, -0.2) is 21.6 Å². The first-order valence-electron chi connectivity index (χ1n) is 3.21. The van der Waals surface area contributed by atoms with Gasteiger partial charge in [0.05, 0.1) is 12.9 Å². The van der Waals surface area contributed by atoms with Gasteiger partial charge in [0.25, 0.3) is 5.56 Å². The molecule has 0 aromatic carbocycles. The summed E-state index contributed by atoms with van der Waals surface area (Å²) in [7, 11) is 0. The second-order valence-electron chi connectivity index (χ2n) is 1.94. The Morgan fingerprint density at radius 3 is 3.08 bits per heavy atom. The highest BCUT2D eigenvalue weighted by Crippen LogP contribution is 2.02. The van der Waals surface area contributed by atoms with Gasteiger partial charge in [-0.2, -0.15) is 0 Å². The number of nitrogens with two attached hydrogens (primary N) is 1. The second-order valence-corrected chi connectivity index (χ2v) is 1.94. The average Bonchev–Trinajstić information content (AvgIpc) is 2.04. The Hall–Kier alpha value is -1.80. The minimum atomic E-state index is -0.469. The summed E-state index contributed by atoms with van der Waals surface area (Å²) in [5.41, 5.74) is 4.57. The van der Waals surface area contributed by atoms with E-state index in [-0.39, 0.29) is 18.0 Å². The number of hydrogen-bond acceptors (Lipinski definition) is 4. The zero-order valence-electron chi connectivity index (χ0n) is 6.16. The lowest BCUT2D eigenvalue weighted by molar-refractivity contribution is 0.449. The van der Waals surface area contributed by atoms with Crippen LogP contribution in [0.25, 0.3) is 0 Å². The Kier molecular flexibility index (Phi) is 2.46. The van der Waals surface area contributed by atoms with E-state index in [4.69, 9.17) is 10.8 Å². The van der Waals surface area contributed by atoms with Crippen molar-refractivity contribution in [3.63, 3.8) is 0 Å². The highest BCUT2D eigenvalue weighted by Gasteiger charge is 2.01. The van der Waals surface area contributed by atoms with Gasteiger partial charge in [-0.05, 0) is 0 Å². The Morgan fingerprint density at radius 1 is 1.75 bits per heavy atom. The van der Waals surface area contributed by atoms with Gasteiger partial charge in [-0.25, -0.2) is 4.98 Å². The third-order valence-corrected chi connectivity index (χ3v) is 1.15. The largest absolute Gasteiger partial charge is 0.492 e. The minimum Gasteiger partial charge on any atom is -0.492 e. The molecule has 1 heterocycles. The molecule has 5 nitrogen and oxygen atoms in total. The lowest BCUT2D eigenvalue weighted by Crippen LogP contribution is -2.10. The molecule has 1 rings (SSSR count). The molecule has 5 heteroatoms. The number of aromatic hydroxyl groups is 1. The number of H-pyrrole nitrogens is 1. The van der Waals surface area contributed by atoms with Crippen LogP contribution in [0.4, 0.5) is 0 Å². The van der Waals surface area contributed by atoms with Crippen molar-refractivity contribution < 1.29 is 5.11 Å². The van der Waals surface area contributed by atoms with Crippen molar-refractivity contribution in [2.75, 3.05) is 6.54 Å². The first-order valence-corrected chi connectivity index (χ1v) is 3.21. The molecule has 4 N–H and O–H groups in total. The molecular formula is C7H7N3O2. The smallest absolute Gasteiger partial charge is 0.270 e. The number of nitrogens with one attached hydrogen (secondary N) is 1. The third kappa shape index (κ3) is 1.62. The van der Waals surface area contributed by atoms with E-state index < -0.39 is 5.56 Å². The molecule has 0 bridgehead atoms. The molecule has 12 heavy (non-hydrogen) atoms. The molecule has 0 unspecified atom stereocenters. The fourth-order valence-electron chi connectivity index (χ4n) is 0.642. The van der Waals surface area contributed by atoms with E-state index in [1.807, 2.05) is 0 Å². The monoisotopic (exact) mass is 165 g/mol. The SMILES string of the molecule is NCC#Cc1c(O)nc[nH]c1=O. The highest BCUT2D eigenvalue weighted by molar-refractivity contribution is 5.38. The van der Waals surface area contributed by atoms with E-state index in [1.54, 1.807) is 0 Å². The summed E-state index contributed by atoms with van der Waals surface area (Å²) >= 11 is 0. The number of aromatic nitrogens is 2. The molecule has 0 saturated heterocycles. The molecule has 0 amide bonds. The zero-order chi connectivity index (χ0) is 8.97. The van der Waals surface area contributed by atoms with Crippen LogP contribution in [0.2, 0.25) is 0 Å². The Bertz CT molecular complexity index is 386. The molecule has 0 aliphatic rings. The van der Waals surface area contributed by atoms with E-state index in [2.05, 4.69) is 21.8 Å². The molecule has 0 spiro atoms. The number of rotatable bonds is 0. The van der Waals surface area contributed by atoms with E-state index in [0.29, 0.717) is 0 Å². The topological polar surface area (TPSA) is 92.0 Å². The summed E-state index contributed by atoms with van der Waals surface area (Å²) in [6.45, 7) is 0.133. The van der Waals surface area contributed by atoms with Gasteiger partial charge >= 0.3 is 0 Å². The Morgan fingerprint density at radius 2 is 2.50 bits per heavy atom. The third-order valence-electron chi connectivity index (χ3n) is 1.15. The maximum absolute atomic E-state index is 10.9. The van der Waals surface area contributed by atoms with Gasteiger partial charge < -0.3 is 15.8 Å². The Labute approximate surface area is 68.3 Å². The molecule has 0 aliphatic heterocycles. The first-order chi connectivity index (χ1) is 5.75. The van der Waals surface area contributed by atoms with Crippen molar-refractivity contribution in [2.24, 2.45) is 5.73 Å². The highest BCUT2D eigenvalue weighted by atomic mass is 16.3. The molecule has 0 saturated carbocycles. The Balaban J connectivity index is 3.22. The van der Waals surface area contributed by atoms with E-state index in [9.17, 15) is 4.79 Å². The predicted octanol–water partition coefficient (Wildman–Crippen LogP) is -1.21. The number of hydrogen-bond donors (Lipinski definition) is 3. The molecule has 0 atom stereocenters. The van der Waals surface area contributed by atoms with Crippen LogP contribution >= 0.6 is 0 Å². The van der Waals surface area contributed by atoms with Gasteiger partial charge in [0.15, 0.2) is 5.56 Å². The molecule has 0 fully saturated rings. The molecule has 1 aromatic heterocycles. The van der Waals surface area contributed by atoms with Gasteiger partial charge in [-0.15, -0.1) is 0 Å². The van der Waals surface area contributed by atoms with Crippen LogP contribution < -0.4 is 11.3 Å². The maximum atomic E-state index is 10.9. The van der Waals surface area contributed by atoms with E-state index in [1.165, 1.54) is 0 Å². The van der Waals surface area contributed by atoms with Crippen molar-refractivity contribution in [3.8, 4) is 17.7 Å². The predicted molar refractivity (Wildman–Crippen MR) is 42.5 cm³/mol. The van der Waals surface area contributed by atoms with Crippen molar-refractivity contribution in [3.05, 3.63) is 22.2 Å². The molecule has 1 aromatic rings. The standard InChI is InChI=1S/C7H7N3O2/c8-3-1-2-5-6(11)9-4-10-7(5)12/h4H,3,8H2,(H2,9,10,11,12). The summed E-state index contributed by atoms with van der Waals surface area (Å²) in [4.78, 5) is 16.7. The average molecular weight is 165 g/mol. The van der Waals surface area contributed by atoms with E-state index in [0.717, 1.165) is 6.33 Å². The summed E-state index contributed by atoms with van der Waals surface area (Å²) < 4.78 is 0. The quantitative estimate of drug-likeness (QED) is 0.420. The van der Waals surface area contributed by atoms with Gasteiger partial charge in [0.1, 0.15) is 0 Å². The van der Waals surface area contributed by atoms with Crippen molar-refractivity contribution in [1.82, 2.24) is 9.97 Å². The lowest BCUT2D eigenvalue weighted by atomic mass is 10.3. The number of aromatic amines is 1. The first kappa shape index (κ1) is 8.30. The van der Waals surface area contributed by atoms with Gasteiger partial charge in [0.2, 0.25) is 5.88 Å². The van der Waals surface area contributed by atoms with Gasteiger partial charge in [-0.1, -0.05) is 11.8 Å². The molecule has 62 valence electrons. The van der Waals surface area contributed by atoms with Gasteiger partial charge in [0, 0.05) is 0 Å². The van der Waals surface area contributed by atoms with Crippen molar-refractivity contribution in [2.45, 2.75) is 0 Å². The summed E-state index contributed by atoms with van der Waals surface area (Å²) in [6, 6.07) is 0. The van der Waals surface area contributed by atoms with E-state index >= 15 is 0 Å². The molecule has 0 aliphatic carbocycles. The fourth-order valence-corrected chi connectivity index (χ4v) is 0.642. The summed E-state index contributed by atoms with van der Waals surface area (Å²) in [6.07, 6.45) is 1.10. The molecule has 0 radical (unpaired) electrons. The number of nitrogens with zero attached hydrogens (tertiary/aromatic N) is 1. The van der Waals surface area contributed by atoms with Crippen molar-refractivity contribution in [1.29, 1.82) is 0 Å². The van der Waals surface area contributed by atoms with Crippen LogP contribution in [0.15, 0.2) is 11.1 Å². The van der Waals surface area contributed by atoms with Crippen LogP contribution in [-0.2, 0) is 0 Å². The summed E-state index contributed by atoms with van der Waals surface area (Å²) in [5.74, 6) is 4.48. The molecular weight excluding hydrogens is 158 g/mol. The van der Waals surface area contributed by atoms with Crippen LogP contribution in [0.1, 0.15) is 5.56 Å². The van der Waals surface area contributed by atoms with Crippen molar-refractivity contribution >= 4 is 0 Å². The fraction of sp³-hybridized carbons (Fsp3) is 0.143. The maximum Gasteiger partial charge on any atom is 0.270 e. The lowest BCUT2D eigenvalue weighted by Gasteiger charge is -1.91. The van der Waals surface area contributed by atoms with Crippen LogP contribution in [0, 0.1) is 11.8 Å². The van der Waals surface area contributed by atoms with Crippen LogP contribution in [0.5, 0.6) is 5.88 Å². The normalized spacial score (nSPS) is 8.75.